The van der Waals surface area contributed by atoms with Crippen LogP contribution in [0.4, 0.5) is 0 Å². The van der Waals surface area contributed by atoms with Gasteiger partial charge < -0.3 is 9.67 Å². The molecule has 1 aliphatic rings. The summed E-state index contributed by atoms with van der Waals surface area (Å²) in [4.78, 5) is 25.5. The lowest BCUT2D eigenvalue weighted by atomic mass is 9.63. The fraction of sp³-hybridized carbons (Fsp3) is 0.368. The fourth-order valence-corrected chi connectivity index (χ4v) is 4.20. The SMILES string of the molecule is CCC1(CC)C(=O)c2ccc(Br)cc2C(n2ccccc2=O)C1O. The molecule has 1 aliphatic carbocycles. The third kappa shape index (κ3) is 2.38. The van der Waals surface area contributed by atoms with Gasteiger partial charge >= 0.3 is 0 Å². The van der Waals surface area contributed by atoms with E-state index in [1.54, 1.807) is 24.4 Å². The molecule has 4 nitrogen and oxygen atoms in total. The Balaban J connectivity index is 2.33. The Morgan fingerprint density at radius 2 is 1.88 bits per heavy atom. The number of aliphatic hydroxyl groups is 1. The molecule has 0 radical (unpaired) electrons. The number of nitrogens with zero attached hydrogens (tertiary/aromatic N) is 1. The van der Waals surface area contributed by atoms with Crippen LogP contribution >= 0.6 is 15.9 Å². The van der Waals surface area contributed by atoms with Gasteiger partial charge in [-0.2, -0.15) is 0 Å². The van der Waals surface area contributed by atoms with Crippen LogP contribution in [0, 0.1) is 5.41 Å². The Kier molecular flexibility index (Phi) is 4.49. The van der Waals surface area contributed by atoms with Gasteiger partial charge in [0.25, 0.3) is 5.56 Å². The van der Waals surface area contributed by atoms with Gasteiger partial charge in [0.15, 0.2) is 5.78 Å². The second kappa shape index (κ2) is 6.30. The molecule has 1 N–H and O–H groups in total. The molecule has 0 saturated carbocycles. The number of aliphatic hydroxyl groups excluding tert-OH is 1. The van der Waals surface area contributed by atoms with E-state index in [0.717, 1.165) is 4.47 Å². The molecule has 2 aromatic rings. The summed E-state index contributed by atoms with van der Waals surface area (Å²) < 4.78 is 2.35. The van der Waals surface area contributed by atoms with Gasteiger partial charge in [-0.1, -0.05) is 35.8 Å². The minimum absolute atomic E-state index is 0.0391. The van der Waals surface area contributed by atoms with Crippen LogP contribution in [0.1, 0.15) is 48.7 Å². The lowest BCUT2D eigenvalue weighted by molar-refractivity contribution is -0.00679. The largest absolute Gasteiger partial charge is 0.390 e. The molecule has 1 aromatic carbocycles. The third-order valence-electron chi connectivity index (χ3n) is 5.31. The summed E-state index contributed by atoms with van der Waals surface area (Å²) in [6.45, 7) is 3.83. The highest BCUT2D eigenvalue weighted by atomic mass is 79.9. The number of Topliss-reactive ketones (excluding diaryl/α,β-unsaturated/α-hetero) is 1. The highest BCUT2D eigenvalue weighted by Gasteiger charge is 2.51. The highest BCUT2D eigenvalue weighted by molar-refractivity contribution is 9.10. The number of benzene rings is 1. The van der Waals surface area contributed by atoms with Crippen molar-refractivity contribution in [3.63, 3.8) is 0 Å². The molecule has 1 aromatic heterocycles. The number of rotatable bonds is 3. The van der Waals surface area contributed by atoms with Crippen LogP contribution < -0.4 is 5.56 Å². The van der Waals surface area contributed by atoms with E-state index >= 15 is 0 Å². The van der Waals surface area contributed by atoms with E-state index in [1.807, 2.05) is 26.0 Å². The van der Waals surface area contributed by atoms with Crippen molar-refractivity contribution >= 4 is 21.7 Å². The zero-order valence-electron chi connectivity index (χ0n) is 13.7. The molecule has 2 unspecified atom stereocenters. The van der Waals surface area contributed by atoms with E-state index in [2.05, 4.69) is 15.9 Å². The standard InChI is InChI=1S/C19H20BrNO3/c1-3-19(4-2)17(23)13-9-8-12(20)11-14(13)16(18(19)24)21-10-6-5-7-15(21)22/h5-11,16,18,24H,3-4H2,1-2H3. The van der Waals surface area contributed by atoms with Crippen LogP contribution in [0.3, 0.4) is 0 Å². The van der Waals surface area contributed by atoms with E-state index in [1.165, 1.54) is 10.6 Å². The molecular formula is C19H20BrNO3. The van der Waals surface area contributed by atoms with Crippen LogP contribution in [-0.2, 0) is 0 Å². The van der Waals surface area contributed by atoms with Gasteiger partial charge in [0, 0.05) is 22.3 Å². The first-order valence-electron chi connectivity index (χ1n) is 8.15. The quantitative estimate of drug-likeness (QED) is 0.872. The zero-order valence-corrected chi connectivity index (χ0v) is 15.3. The normalized spacial score (nSPS) is 22.2. The van der Waals surface area contributed by atoms with Crippen LogP contribution in [0.25, 0.3) is 0 Å². The van der Waals surface area contributed by atoms with E-state index < -0.39 is 17.6 Å². The Hall–Kier alpha value is -1.72. The number of halogens is 1. The van der Waals surface area contributed by atoms with Crippen molar-refractivity contribution in [1.29, 1.82) is 0 Å². The second-order valence-electron chi connectivity index (χ2n) is 6.26. The minimum Gasteiger partial charge on any atom is -0.390 e. The van der Waals surface area contributed by atoms with Crippen LogP contribution in [0.2, 0.25) is 0 Å². The predicted molar refractivity (Wildman–Crippen MR) is 96.3 cm³/mol. The van der Waals surface area contributed by atoms with Crippen LogP contribution in [0.15, 0.2) is 51.9 Å². The van der Waals surface area contributed by atoms with Gasteiger partial charge in [-0.25, -0.2) is 0 Å². The molecule has 0 bridgehead atoms. The van der Waals surface area contributed by atoms with E-state index in [4.69, 9.17) is 0 Å². The maximum atomic E-state index is 13.1. The molecular weight excluding hydrogens is 370 g/mol. The third-order valence-corrected chi connectivity index (χ3v) is 5.80. The maximum absolute atomic E-state index is 13.1. The smallest absolute Gasteiger partial charge is 0.251 e. The number of aromatic nitrogens is 1. The highest BCUT2D eigenvalue weighted by Crippen LogP contribution is 2.47. The molecule has 0 fully saturated rings. The summed E-state index contributed by atoms with van der Waals surface area (Å²) in [5.74, 6) is -0.0391. The van der Waals surface area contributed by atoms with E-state index in [9.17, 15) is 14.7 Å². The molecule has 126 valence electrons. The number of ketones is 1. The first-order valence-corrected chi connectivity index (χ1v) is 8.95. The van der Waals surface area contributed by atoms with Crippen LogP contribution in [-0.4, -0.2) is 21.6 Å². The van der Waals surface area contributed by atoms with Gasteiger partial charge in [-0.15, -0.1) is 0 Å². The lowest BCUT2D eigenvalue weighted by Gasteiger charge is -2.44. The van der Waals surface area contributed by atoms with Crippen LogP contribution in [0.5, 0.6) is 0 Å². The lowest BCUT2D eigenvalue weighted by Crippen LogP contribution is -2.52. The first kappa shape index (κ1) is 17.1. The zero-order chi connectivity index (χ0) is 17.5. The minimum atomic E-state index is -0.957. The number of carbonyl (C=O) groups is 1. The molecule has 1 heterocycles. The number of carbonyl (C=O) groups excluding carboxylic acids is 1. The van der Waals surface area contributed by atoms with Crippen molar-refractivity contribution in [3.05, 3.63) is 68.5 Å². The molecule has 3 rings (SSSR count). The molecule has 5 heteroatoms. The Morgan fingerprint density at radius 1 is 1.17 bits per heavy atom. The summed E-state index contributed by atoms with van der Waals surface area (Å²) in [6, 6.07) is 9.78. The van der Waals surface area contributed by atoms with Gasteiger partial charge in [0.2, 0.25) is 0 Å². The Morgan fingerprint density at radius 3 is 2.50 bits per heavy atom. The summed E-state index contributed by atoms with van der Waals surface area (Å²) in [5, 5.41) is 11.2. The van der Waals surface area contributed by atoms with Gasteiger partial charge in [-0.05, 0) is 42.7 Å². The summed E-state index contributed by atoms with van der Waals surface area (Å²) in [7, 11) is 0. The number of hydrogen-bond acceptors (Lipinski definition) is 3. The molecule has 2 atom stereocenters. The first-order chi connectivity index (χ1) is 11.5. The fourth-order valence-electron chi connectivity index (χ4n) is 3.82. The number of fused-ring (bicyclic) bond motifs is 1. The maximum Gasteiger partial charge on any atom is 0.251 e. The molecule has 0 aliphatic heterocycles. The Bertz CT molecular complexity index is 839. The average molecular weight is 390 g/mol. The Labute approximate surface area is 149 Å². The molecule has 0 spiro atoms. The summed E-state index contributed by atoms with van der Waals surface area (Å²) >= 11 is 3.43. The monoisotopic (exact) mass is 389 g/mol. The topological polar surface area (TPSA) is 59.3 Å². The summed E-state index contributed by atoms with van der Waals surface area (Å²) in [6.07, 6.45) is 1.77. The molecule has 24 heavy (non-hydrogen) atoms. The van der Waals surface area contributed by atoms with Crippen molar-refractivity contribution in [2.45, 2.75) is 38.8 Å². The molecule has 0 saturated heterocycles. The van der Waals surface area contributed by atoms with Gasteiger partial charge in [-0.3, -0.25) is 9.59 Å². The number of pyridine rings is 1. The molecule has 0 amide bonds. The van der Waals surface area contributed by atoms with Crippen molar-refractivity contribution in [3.8, 4) is 0 Å². The predicted octanol–water partition coefficient (Wildman–Crippen LogP) is 3.56. The van der Waals surface area contributed by atoms with Crippen molar-refractivity contribution in [2.24, 2.45) is 5.41 Å². The van der Waals surface area contributed by atoms with Crippen molar-refractivity contribution in [2.75, 3.05) is 0 Å². The van der Waals surface area contributed by atoms with Crippen molar-refractivity contribution in [1.82, 2.24) is 4.57 Å². The average Bonchev–Trinajstić information content (AvgIpc) is 2.58. The second-order valence-corrected chi connectivity index (χ2v) is 7.18. The van der Waals surface area contributed by atoms with Gasteiger partial charge in [0.1, 0.15) is 0 Å². The summed E-state index contributed by atoms with van der Waals surface area (Å²) in [5.41, 5.74) is 0.212. The van der Waals surface area contributed by atoms with E-state index in [0.29, 0.717) is 24.0 Å². The number of hydrogen-bond donors (Lipinski definition) is 1. The van der Waals surface area contributed by atoms with E-state index in [-0.39, 0.29) is 11.3 Å². The van der Waals surface area contributed by atoms with Gasteiger partial charge in [0.05, 0.1) is 17.6 Å². The van der Waals surface area contributed by atoms with Crippen molar-refractivity contribution < 1.29 is 9.90 Å².